The van der Waals surface area contributed by atoms with Gasteiger partial charge in [0, 0.05) is 41.3 Å². The van der Waals surface area contributed by atoms with Crippen LogP contribution in [-0.4, -0.2) is 33.7 Å². The van der Waals surface area contributed by atoms with Crippen LogP contribution in [0.2, 0.25) is 0 Å². The number of pyridine rings is 1. The lowest BCUT2D eigenvalue weighted by Gasteiger charge is -2.33. The first kappa shape index (κ1) is 22.8. The highest BCUT2D eigenvalue weighted by Gasteiger charge is 2.24. The summed E-state index contributed by atoms with van der Waals surface area (Å²) < 4.78 is 3.37. The minimum Gasteiger partial charge on any atom is -0.481 e. The zero-order chi connectivity index (χ0) is 23.0. The van der Waals surface area contributed by atoms with E-state index >= 15 is 0 Å². The Morgan fingerprint density at radius 3 is 2.56 bits per heavy atom. The molecule has 0 bridgehead atoms. The zero-order valence-corrected chi connectivity index (χ0v) is 20.9. The largest absolute Gasteiger partial charge is 0.481 e. The Bertz CT molecular complexity index is 1140. The monoisotopic (exact) mass is 497 g/mol. The molecule has 2 aromatic heterocycles. The van der Waals surface area contributed by atoms with Crippen molar-refractivity contribution < 1.29 is 9.90 Å². The van der Waals surface area contributed by atoms with Crippen LogP contribution in [0.5, 0.6) is 0 Å². The van der Waals surface area contributed by atoms with Gasteiger partial charge in [-0.1, -0.05) is 19.9 Å². The third-order valence-corrected chi connectivity index (χ3v) is 7.30. The predicted octanol–water partition coefficient (Wildman–Crippen LogP) is 6.61. The van der Waals surface area contributed by atoms with Crippen LogP contribution in [0.25, 0.3) is 16.6 Å². The Morgan fingerprint density at radius 2 is 1.94 bits per heavy atom. The van der Waals surface area contributed by atoms with Gasteiger partial charge in [0.1, 0.15) is 5.82 Å². The number of halogens is 1. The molecule has 6 heteroatoms. The van der Waals surface area contributed by atoms with Crippen LogP contribution in [-0.2, 0) is 4.79 Å². The minimum atomic E-state index is -0.695. The van der Waals surface area contributed by atoms with Gasteiger partial charge in [0.25, 0.3) is 0 Å². The van der Waals surface area contributed by atoms with Crippen molar-refractivity contribution in [3.05, 3.63) is 51.8 Å². The number of piperidine rings is 1. The summed E-state index contributed by atoms with van der Waals surface area (Å²) in [6.45, 7) is 10.5. The number of fused-ring (bicyclic) bond motifs is 1. The molecule has 0 saturated carbocycles. The lowest BCUT2D eigenvalue weighted by molar-refractivity contribution is -0.137. The SMILES string of the molecule is Cc1cc2c(c(C)cn2-c2ccc(C(C)C)cc2Br)c(N2CCC(CCC(=O)O)CC2)n1. The molecule has 1 N–H and O–H groups in total. The molecule has 0 radical (unpaired) electrons. The minimum absolute atomic E-state index is 0.268. The van der Waals surface area contributed by atoms with Gasteiger partial charge < -0.3 is 14.6 Å². The molecule has 32 heavy (non-hydrogen) atoms. The lowest BCUT2D eigenvalue weighted by Crippen LogP contribution is -2.34. The van der Waals surface area contributed by atoms with E-state index in [-0.39, 0.29) is 6.42 Å². The number of benzene rings is 1. The van der Waals surface area contributed by atoms with Gasteiger partial charge in [-0.25, -0.2) is 4.98 Å². The summed E-state index contributed by atoms with van der Waals surface area (Å²) in [5.41, 5.74) is 5.86. The normalized spacial score (nSPS) is 15.1. The number of hydrogen-bond acceptors (Lipinski definition) is 3. The molecular weight excluding hydrogens is 466 g/mol. The van der Waals surface area contributed by atoms with E-state index < -0.39 is 5.97 Å². The van der Waals surface area contributed by atoms with E-state index in [1.54, 1.807) is 0 Å². The molecule has 170 valence electrons. The fraction of sp³-hybridized carbons (Fsp3) is 0.462. The van der Waals surface area contributed by atoms with Gasteiger partial charge in [0.05, 0.1) is 11.2 Å². The van der Waals surface area contributed by atoms with Gasteiger partial charge in [-0.15, -0.1) is 0 Å². The number of aromatic nitrogens is 2. The Kier molecular flexibility index (Phi) is 6.61. The van der Waals surface area contributed by atoms with E-state index in [1.165, 1.54) is 22.0 Å². The number of aliphatic carboxylic acids is 1. The predicted molar refractivity (Wildman–Crippen MR) is 134 cm³/mol. The van der Waals surface area contributed by atoms with E-state index in [2.05, 4.69) is 83.6 Å². The Hall–Kier alpha value is -2.34. The number of rotatable bonds is 6. The summed E-state index contributed by atoms with van der Waals surface area (Å²) in [4.78, 5) is 18.3. The van der Waals surface area contributed by atoms with Crippen molar-refractivity contribution in [3.8, 4) is 5.69 Å². The maximum atomic E-state index is 10.9. The standard InChI is InChI=1S/C26H32BrN3O2/c1-16(2)20-6-7-22(21(27)14-20)30-15-17(3)25-23(30)13-18(4)28-26(25)29-11-9-19(10-12-29)5-8-24(31)32/h6-7,13-16,19H,5,8-12H2,1-4H3,(H,31,32). The van der Waals surface area contributed by atoms with E-state index in [4.69, 9.17) is 10.1 Å². The van der Waals surface area contributed by atoms with E-state index in [1.807, 2.05) is 0 Å². The van der Waals surface area contributed by atoms with Gasteiger partial charge in [0.2, 0.25) is 0 Å². The fourth-order valence-electron chi connectivity index (χ4n) is 4.80. The second kappa shape index (κ2) is 9.26. The molecular formula is C26H32BrN3O2. The van der Waals surface area contributed by atoms with Crippen molar-refractivity contribution in [3.63, 3.8) is 0 Å². The van der Waals surface area contributed by atoms with Crippen molar-refractivity contribution >= 4 is 38.6 Å². The molecule has 5 nitrogen and oxygen atoms in total. The van der Waals surface area contributed by atoms with E-state index in [9.17, 15) is 4.79 Å². The number of carboxylic acid groups (broad SMARTS) is 1. The third-order valence-electron chi connectivity index (χ3n) is 6.66. The van der Waals surface area contributed by atoms with Gasteiger partial charge in [0.15, 0.2) is 0 Å². The van der Waals surface area contributed by atoms with Crippen LogP contribution >= 0.6 is 15.9 Å². The zero-order valence-electron chi connectivity index (χ0n) is 19.4. The van der Waals surface area contributed by atoms with Crippen LogP contribution in [0.3, 0.4) is 0 Å². The lowest BCUT2D eigenvalue weighted by atomic mass is 9.92. The molecule has 1 fully saturated rings. The number of anilines is 1. The molecule has 1 aliphatic heterocycles. The molecule has 1 saturated heterocycles. The Morgan fingerprint density at radius 1 is 1.22 bits per heavy atom. The first-order valence-corrected chi connectivity index (χ1v) is 12.3. The van der Waals surface area contributed by atoms with Crippen molar-refractivity contribution in [1.29, 1.82) is 0 Å². The van der Waals surface area contributed by atoms with Crippen LogP contribution in [0.1, 0.15) is 62.3 Å². The Balaban J connectivity index is 1.69. The van der Waals surface area contributed by atoms with Crippen LogP contribution in [0.4, 0.5) is 5.82 Å². The number of aryl methyl sites for hydroxylation is 2. The summed E-state index contributed by atoms with van der Waals surface area (Å²) in [7, 11) is 0. The molecule has 0 unspecified atom stereocenters. The summed E-state index contributed by atoms with van der Waals surface area (Å²) in [5.74, 6) is 1.34. The highest BCUT2D eigenvalue weighted by atomic mass is 79.9. The van der Waals surface area contributed by atoms with Crippen LogP contribution < -0.4 is 4.90 Å². The fourth-order valence-corrected chi connectivity index (χ4v) is 5.39. The van der Waals surface area contributed by atoms with E-state index in [0.29, 0.717) is 11.8 Å². The van der Waals surface area contributed by atoms with Crippen molar-refractivity contribution in [2.45, 2.75) is 59.3 Å². The first-order chi connectivity index (χ1) is 15.2. The maximum Gasteiger partial charge on any atom is 0.303 e. The smallest absolute Gasteiger partial charge is 0.303 e. The second-order valence-electron chi connectivity index (χ2n) is 9.39. The molecule has 3 aromatic rings. The molecule has 1 aromatic carbocycles. The van der Waals surface area contributed by atoms with Crippen molar-refractivity contribution in [1.82, 2.24) is 9.55 Å². The maximum absolute atomic E-state index is 10.9. The molecule has 4 rings (SSSR count). The summed E-state index contributed by atoms with van der Waals surface area (Å²) in [6.07, 6.45) is 5.29. The van der Waals surface area contributed by atoms with Gasteiger partial charge in [-0.2, -0.15) is 0 Å². The van der Waals surface area contributed by atoms with Crippen LogP contribution in [0, 0.1) is 19.8 Å². The van der Waals surface area contributed by atoms with Crippen LogP contribution in [0.15, 0.2) is 34.9 Å². The number of hydrogen-bond donors (Lipinski definition) is 1. The molecule has 0 atom stereocenters. The summed E-state index contributed by atoms with van der Waals surface area (Å²) >= 11 is 3.80. The molecule has 0 spiro atoms. The van der Waals surface area contributed by atoms with Gasteiger partial charge >= 0.3 is 5.97 Å². The first-order valence-electron chi connectivity index (χ1n) is 11.5. The highest BCUT2D eigenvalue weighted by molar-refractivity contribution is 9.10. The topological polar surface area (TPSA) is 58.4 Å². The second-order valence-corrected chi connectivity index (χ2v) is 10.2. The summed E-state index contributed by atoms with van der Waals surface area (Å²) in [6, 6.07) is 8.80. The number of nitrogens with zero attached hydrogens (tertiary/aromatic N) is 3. The van der Waals surface area contributed by atoms with E-state index in [0.717, 1.165) is 54.0 Å². The van der Waals surface area contributed by atoms with Crippen molar-refractivity contribution in [2.75, 3.05) is 18.0 Å². The quantitative estimate of drug-likeness (QED) is 0.416. The molecule has 0 amide bonds. The molecule has 1 aliphatic rings. The van der Waals surface area contributed by atoms with Crippen molar-refractivity contribution in [2.24, 2.45) is 5.92 Å². The number of carboxylic acids is 1. The van der Waals surface area contributed by atoms with Gasteiger partial charge in [-0.3, -0.25) is 4.79 Å². The Labute approximate surface area is 198 Å². The third kappa shape index (κ3) is 4.56. The summed E-state index contributed by atoms with van der Waals surface area (Å²) in [5, 5.41) is 10.2. The highest BCUT2D eigenvalue weighted by Crippen LogP contribution is 2.36. The van der Waals surface area contributed by atoms with Gasteiger partial charge in [-0.05, 0) is 90.2 Å². The number of carbonyl (C=O) groups is 1. The molecule has 0 aliphatic carbocycles. The average Bonchev–Trinajstić information content (AvgIpc) is 3.07. The average molecular weight is 498 g/mol. The molecule has 3 heterocycles.